The van der Waals surface area contributed by atoms with Gasteiger partial charge in [-0.3, -0.25) is 9.13 Å². The lowest BCUT2D eigenvalue weighted by atomic mass is 9.87. The Balaban J connectivity index is 2.88. The van der Waals surface area contributed by atoms with Crippen molar-refractivity contribution in [2.45, 2.75) is 42.4 Å². The van der Waals surface area contributed by atoms with Crippen LogP contribution in [0.2, 0.25) is 0 Å². The molecule has 108 valence electrons. The predicted molar refractivity (Wildman–Crippen MR) is 68.4 cm³/mol. The topological polar surface area (TPSA) is 135 Å². The first-order valence-corrected chi connectivity index (χ1v) is 9.23. The molecule has 0 aromatic heterocycles. The molecule has 0 aromatic carbocycles. The Kier molecular flexibility index (Phi) is 5.13. The first-order valence-electron chi connectivity index (χ1n) is 5.49. The summed E-state index contributed by atoms with van der Waals surface area (Å²) >= 11 is 4.26. The summed E-state index contributed by atoms with van der Waals surface area (Å²) in [6, 6.07) is 0. The van der Waals surface area contributed by atoms with E-state index in [4.69, 9.17) is 19.6 Å². The highest BCUT2D eigenvalue weighted by atomic mass is 32.1. The highest BCUT2D eigenvalue weighted by Gasteiger charge is 2.59. The van der Waals surface area contributed by atoms with Gasteiger partial charge < -0.3 is 24.7 Å². The van der Waals surface area contributed by atoms with Crippen LogP contribution in [0.3, 0.4) is 0 Å². The van der Waals surface area contributed by atoms with Crippen molar-refractivity contribution in [3.05, 3.63) is 0 Å². The standard InChI is InChI=1S/C8H18O7P2S/c9-8(16(10,11)12,17(13,14)15)5-6-1-3-7(18)4-2-6/h6-7,9,18H,1-5H2,(H2,10,11,12)(H2,13,14,15). The Labute approximate surface area is 110 Å². The Morgan fingerprint density at radius 2 is 1.39 bits per heavy atom. The summed E-state index contributed by atoms with van der Waals surface area (Å²) in [5.74, 6) is -0.321. The molecule has 0 saturated heterocycles. The normalized spacial score (nSPS) is 27.2. The van der Waals surface area contributed by atoms with Crippen molar-refractivity contribution in [3.63, 3.8) is 0 Å². The van der Waals surface area contributed by atoms with E-state index in [1.807, 2.05) is 0 Å². The largest absolute Gasteiger partial charge is 0.369 e. The highest BCUT2D eigenvalue weighted by Crippen LogP contribution is 2.70. The van der Waals surface area contributed by atoms with E-state index < -0.39 is 26.7 Å². The van der Waals surface area contributed by atoms with Crippen molar-refractivity contribution < 1.29 is 33.8 Å². The molecule has 0 unspecified atom stereocenters. The first-order chi connectivity index (χ1) is 7.97. The van der Waals surface area contributed by atoms with Crippen molar-refractivity contribution in [2.24, 2.45) is 5.92 Å². The summed E-state index contributed by atoms with van der Waals surface area (Å²) < 4.78 is 22.4. The second kappa shape index (κ2) is 5.54. The van der Waals surface area contributed by atoms with Gasteiger partial charge in [0.1, 0.15) is 0 Å². The van der Waals surface area contributed by atoms with E-state index in [0.29, 0.717) is 25.7 Å². The third-order valence-electron chi connectivity index (χ3n) is 3.31. The summed E-state index contributed by atoms with van der Waals surface area (Å²) in [6.07, 6.45) is 1.88. The fraction of sp³-hybridized carbons (Fsp3) is 1.00. The lowest BCUT2D eigenvalue weighted by Crippen LogP contribution is -2.32. The smallest absolute Gasteiger partial charge is 0.368 e. The number of hydrogen-bond donors (Lipinski definition) is 6. The van der Waals surface area contributed by atoms with E-state index in [9.17, 15) is 14.2 Å². The Morgan fingerprint density at radius 3 is 1.72 bits per heavy atom. The van der Waals surface area contributed by atoms with Gasteiger partial charge in [-0.1, -0.05) is 0 Å². The van der Waals surface area contributed by atoms with Crippen LogP contribution in [0.5, 0.6) is 0 Å². The molecule has 0 radical (unpaired) electrons. The van der Waals surface area contributed by atoms with Gasteiger partial charge in [0.05, 0.1) is 0 Å². The van der Waals surface area contributed by atoms with Crippen molar-refractivity contribution in [1.29, 1.82) is 0 Å². The molecule has 0 heterocycles. The molecule has 1 fully saturated rings. The van der Waals surface area contributed by atoms with Crippen molar-refractivity contribution in [2.75, 3.05) is 0 Å². The molecule has 1 aliphatic rings. The van der Waals surface area contributed by atoms with E-state index in [-0.39, 0.29) is 11.2 Å². The van der Waals surface area contributed by atoms with Gasteiger partial charge in [0.25, 0.3) is 5.08 Å². The van der Waals surface area contributed by atoms with Crippen LogP contribution in [0, 0.1) is 5.92 Å². The van der Waals surface area contributed by atoms with Crippen LogP contribution in [0.25, 0.3) is 0 Å². The molecule has 7 nitrogen and oxygen atoms in total. The third-order valence-corrected chi connectivity index (χ3v) is 7.62. The van der Waals surface area contributed by atoms with Gasteiger partial charge >= 0.3 is 15.2 Å². The molecule has 1 saturated carbocycles. The number of rotatable bonds is 4. The van der Waals surface area contributed by atoms with E-state index in [1.165, 1.54) is 0 Å². The molecule has 0 atom stereocenters. The minimum absolute atomic E-state index is 0.194. The average molecular weight is 320 g/mol. The zero-order chi connectivity index (χ0) is 14.2. The van der Waals surface area contributed by atoms with E-state index in [0.717, 1.165) is 0 Å². The van der Waals surface area contributed by atoms with Crippen LogP contribution in [0.15, 0.2) is 0 Å². The zero-order valence-electron chi connectivity index (χ0n) is 9.58. The number of hydrogen-bond acceptors (Lipinski definition) is 4. The van der Waals surface area contributed by atoms with Crippen molar-refractivity contribution >= 4 is 27.8 Å². The molecule has 1 rings (SSSR count). The molecule has 18 heavy (non-hydrogen) atoms. The summed E-state index contributed by atoms with van der Waals surface area (Å²) in [7, 11) is -10.6. The Bertz CT molecular complexity index is 359. The fourth-order valence-corrected chi connectivity index (χ4v) is 4.79. The molecule has 5 N–H and O–H groups in total. The SMILES string of the molecule is O=P(O)(O)C(O)(CC1CCC(S)CC1)P(=O)(O)O. The molecule has 0 bridgehead atoms. The second-order valence-corrected chi connectivity index (χ2v) is 9.48. The van der Waals surface area contributed by atoms with Crippen LogP contribution in [-0.2, 0) is 9.13 Å². The monoisotopic (exact) mass is 320 g/mol. The number of aliphatic hydroxyl groups is 1. The molecule has 0 amide bonds. The van der Waals surface area contributed by atoms with Crippen molar-refractivity contribution in [1.82, 2.24) is 0 Å². The van der Waals surface area contributed by atoms with Crippen molar-refractivity contribution in [3.8, 4) is 0 Å². The molecular formula is C8H18O7P2S. The fourth-order valence-electron chi connectivity index (χ4n) is 2.14. The minimum atomic E-state index is -5.32. The maximum absolute atomic E-state index is 11.2. The minimum Gasteiger partial charge on any atom is -0.368 e. The van der Waals surface area contributed by atoms with E-state index in [2.05, 4.69) is 12.6 Å². The van der Waals surface area contributed by atoms with Gasteiger partial charge in [-0.15, -0.1) is 0 Å². The van der Waals surface area contributed by atoms with Gasteiger partial charge in [-0.05, 0) is 31.6 Å². The van der Waals surface area contributed by atoms with Crippen LogP contribution in [-0.4, -0.2) is 35.0 Å². The second-order valence-electron chi connectivity index (χ2n) is 4.74. The van der Waals surface area contributed by atoms with Gasteiger partial charge in [0, 0.05) is 11.7 Å². The summed E-state index contributed by atoms with van der Waals surface area (Å²) in [5, 5.41) is 6.68. The molecule has 1 aliphatic carbocycles. The summed E-state index contributed by atoms with van der Waals surface area (Å²) in [5.41, 5.74) is 0. The maximum atomic E-state index is 11.2. The van der Waals surface area contributed by atoms with Crippen LogP contribution >= 0.6 is 27.8 Å². The number of thiol groups is 1. The van der Waals surface area contributed by atoms with Crippen LogP contribution < -0.4 is 0 Å². The average Bonchev–Trinajstić information content (AvgIpc) is 2.18. The quantitative estimate of drug-likeness (QED) is 0.334. The van der Waals surface area contributed by atoms with Gasteiger partial charge in [-0.25, -0.2) is 0 Å². The van der Waals surface area contributed by atoms with Crippen LogP contribution in [0.1, 0.15) is 32.1 Å². The molecule has 10 heteroatoms. The van der Waals surface area contributed by atoms with E-state index in [1.54, 1.807) is 0 Å². The molecule has 0 aliphatic heterocycles. The zero-order valence-corrected chi connectivity index (χ0v) is 12.3. The van der Waals surface area contributed by atoms with E-state index >= 15 is 0 Å². The highest BCUT2D eigenvalue weighted by molar-refractivity contribution is 7.80. The molecule has 0 aromatic rings. The summed E-state index contributed by atoms with van der Waals surface area (Å²) in [4.78, 5) is 36.0. The molecular weight excluding hydrogens is 302 g/mol. The van der Waals surface area contributed by atoms with Crippen LogP contribution in [0.4, 0.5) is 0 Å². The van der Waals surface area contributed by atoms with Gasteiger partial charge in [-0.2, -0.15) is 12.6 Å². The Morgan fingerprint density at radius 1 is 1.00 bits per heavy atom. The van der Waals surface area contributed by atoms with Gasteiger partial charge in [0.15, 0.2) is 0 Å². The van der Waals surface area contributed by atoms with Gasteiger partial charge in [0.2, 0.25) is 0 Å². The first kappa shape index (κ1) is 16.7. The summed E-state index contributed by atoms with van der Waals surface area (Å²) in [6.45, 7) is 0. The Hall–Kier alpha value is 0.610. The molecule has 0 spiro atoms. The lowest BCUT2D eigenvalue weighted by molar-refractivity contribution is 0.0990. The third kappa shape index (κ3) is 3.58. The maximum Gasteiger partial charge on any atom is 0.369 e. The predicted octanol–water partition coefficient (Wildman–Crippen LogP) is 0.867. The lowest BCUT2D eigenvalue weighted by Gasteiger charge is -2.34.